The Labute approximate surface area is 170 Å². The number of hydrogen-bond donors (Lipinski definition) is 1. The molecule has 0 radical (unpaired) electrons. The summed E-state index contributed by atoms with van der Waals surface area (Å²) >= 11 is 0. The number of esters is 1. The summed E-state index contributed by atoms with van der Waals surface area (Å²) in [6.07, 6.45) is 3.87. The van der Waals surface area contributed by atoms with Crippen LogP contribution < -0.4 is 10.6 Å². The molecule has 0 aliphatic carbocycles. The summed E-state index contributed by atoms with van der Waals surface area (Å²) in [6.45, 7) is 6.01. The molecule has 2 aromatic rings. The van der Waals surface area contributed by atoms with E-state index in [1.165, 1.54) is 10.6 Å². The molecule has 1 N–H and O–H groups in total. The van der Waals surface area contributed by atoms with E-state index < -0.39 is 13.3 Å². The summed E-state index contributed by atoms with van der Waals surface area (Å²) in [4.78, 5) is 11.7. The lowest BCUT2D eigenvalue weighted by atomic mass is 9.97. The van der Waals surface area contributed by atoms with E-state index in [0.29, 0.717) is 6.61 Å². The molecule has 0 saturated heterocycles. The fourth-order valence-electron chi connectivity index (χ4n) is 2.91. The lowest BCUT2D eigenvalue weighted by Gasteiger charge is -2.20. The minimum atomic E-state index is -0.456. The number of aliphatic hydroxyl groups excluding tert-OH is 1. The Hall–Kier alpha value is -1.70. The zero-order valence-corrected chi connectivity index (χ0v) is 18.2. The van der Waals surface area contributed by atoms with Gasteiger partial charge in [0, 0.05) is 0 Å². The van der Waals surface area contributed by atoms with Gasteiger partial charge in [0.2, 0.25) is 0 Å². The fraction of sp³-hybridized carbons (Fsp3) is 0.458. The van der Waals surface area contributed by atoms with Crippen molar-refractivity contribution in [3.8, 4) is 0 Å². The summed E-state index contributed by atoms with van der Waals surface area (Å²) in [6, 6.07) is 21.2. The summed E-state index contributed by atoms with van der Waals surface area (Å²) in [7, 11) is -0.456. The number of ether oxygens (including phenoxy) is 1. The summed E-state index contributed by atoms with van der Waals surface area (Å²) in [5.74, 6) is -0.163. The van der Waals surface area contributed by atoms with Crippen LogP contribution in [-0.4, -0.2) is 29.9 Å². The minimum absolute atomic E-state index is 0.163. The molecule has 0 aliphatic heterocycles. The van der Waals surface area contributed by atoms with Crippen molar-refractivity contribution in [3.63, 3.8) is 0 Å². The van der Waals surface area contributed by atoms with Gasteiger partial charge in [-0.25, -0.2) is 0 Å². The van der Waals surface area contributed by atoms with Gasteiger partial charge >= 0.3 is 5.97 Å². The fourth-order valence-corrected chi connectivity index (χ4v) is 5.34. The summed E-state index contributed by atoms with van der Waals surface area (Å²) in [5, 5.41) is 13.1. The van der Waals surface area contributed by atoms with Gasteiger partial charge in [-0.3, -0.25) is 4.79 Å². The first-order valence-corrected chi connectivity index (χ1v) is 11.6. The van der Waals surface area contributed by atoms with Crippen molar-refractivity contribution in [2.24, 2.45) is 5.41 Å². The van der Waals surface area contributed by atoms with Crippen molar-refractivity contribution in [1.82, 2.24) is 0 Å². The number of aliphatic hydroxyl groups is 1. The first-order valence-electron chi connectivity index (χ1n) is 10.1. The van der Waals surface area contributed by atoms with Crippen LogP contribution in [0.4, 0.5) is 0 Å². The molecule has 3 nitrogen and oxygen atoms in total. The Morgan fingerprint density at radius 2 is 1.46 bits per heavy atom. The van der Waals surface area contributed by atoms with E-state index in [1.807, 2.05) is 32.9 Å². The van der Waals surface area contributed by atoms with E-state index in [4.69, 9.17) is 4.74 Å². The number of hydrogen-bond acceptors (Lipinski definition) is 3. The second-order valence-corrected chi connectivity index (χ2v) is 10.5. The van der Waals surface area contributed by atoms with Gasteiger partial charge in [-0.2, -0.15) is 0 Å². The molecule has 28 heavy (non-hydrogen) atoms. The molecular formula is C24H33O3P. The highest BCUT2D eigenvalue weighted by Gasteiger charge is 2.22. The van der Waals surface area contributed by atoms with E-state index in [2.05, 4.69) is 48.5 Å². The van der Waals surface area contributed by atoms with E-state index >= 15 is 0 Å². The molecule has 0 spiro atoms. The van der Waals surface area contributed by atoms with Gasteiger partial charge in [-0.1, -0.05) is 60.7 Å². The van der Waals surface area contributed by atoms with Gasteiger partial charge in [0.15, 0.2) is 0 Å². The zero-order chi connectivity index (χ0) is 20.4. The molecule has 0 bridgehead atoms. The Bertz CT molecular complexity index is 655. The van der Waals surface area contributed by atoms with Gasteiger partial charge in [0.05, 0.1) is 18.1 Å². The molecular weight excluding hydrogens is 367 g/mol. The molecule has 0 aromatic heterocycles. The third-order valence-electron chi connectivity index (χ3n) is 4.60. The molecule has 0 amide bonds. The monoisotopic (exact) mass is 400 g/mol. The van der Waals surface area contributed by atoms with E-state index in [0.717, 1.165) is 31.8 Å². The van der Waals surface area contributed by atoms with Gasteiger partial charge in [0.25, 0.3) is 0 Å². The normalized spacial score (nSPS) is 12.8. The van der Waals surface area contributed by atoms with Crippen LogP contribution in [0.5, 0.6) is 0 Å². The van der Waals surface area contributed by atoms with Crippen LogP contribution in [0, 0.1) is 5.41 Å². The maximum atomic E-state index is 11.7. The number of carbonyl (C=O) groups is 1. The van der Waals surface area contributed by atoms with Crippen LogP contribution in [0.2, 0.25) is 0 Å². The lowest BCUT2D eigenvalue weighted by Crippen LogP contribution is -2.23. The van der Waals surface area contributed by atoms with Crippen molar-refractivity contribution in [2.45, 2.75) is 52.6 Å². The van der Waals surface area contributed by atoms with Crippen LogP contribution in [-0.2, 0) is 9.53 Å². The van der Waals surface area contributed by atoms with Gasteiger partial charge in [-0.15, -0.1) is 0 Å². The first-order chi connectivity index (χ1) is 13.4. The van der Waals surface area contributed by atoms with Crippen LogP contribution in [0.15, 0.2) is 60.7 Å². The average molecular weight is 400 g/mol. The highest BCUT2D eigenvalue weighted by Crippen LogP contribution is 2.34. The average Bonchev–Trinajstić information content (AvgIpc) is 2.68. The lowest BCUT2D eigenvalue weighted by molar-refractivity contribution is -0.153. The highest BCUT2D eigenvalue weighted by atomic mass is 31.1. The molecule has 152 valence electrons. The predicted octanol–water partition coefficient (Wildman–Crippen LogP) is 4.63. The largest absolute Gasteiger partial charge is 0.465 e. The number of carbonyl (C=O) groups excluding carboxylic acids is 1. The van der Waals surface area contributed by atoms with E-state index in [9.17, 15) is 9.90 Å². The summed E-state index contributed by atoms with van der Waals surface area (Å²) in [5.41, 5.74) is -0.453. The second-order valence-electron chi connectivity index (χ2n) is 8.15. The molecule has 0 aliphatic rings. The zero-order valence-electron chi connectivity index (χ0n) is 17.3. The van der Waals surface area contributed by atoms with Crippen LogP contribution >= 0.6 is 7.92 Å². The Kier molecular flexibility index (Phi) is 9.15. The van der Waals surface area contributed by atoms with Crippen LogP contribution in [0.1, 0.15) is 46.5 Å². The maximum absolute atomic E-state index is 11.7. The molecule has 0 fully saturated rings. The molecule has 0 heterocycles. The van der Waals surface area contributed by atoms with Crippen molar-refractivity contribution < 1.29 is 14.6 Å². The smallest absolute Gasteiger partial charge is 0.311 e. The Balaban J connectivity index is 1.77. The van der Waals surface area contributed by atoms with Gasteiger partial charge < -0.3 is 9.84 Å². The molecule has 0 saturated carbocycles. The van der Waals surface area contributed by atoms with Crippen LogP contribution in [0.3, 0.4) is 0 Å². The van der Waals surface area contributed by atoms with Crippen molar-refractivity contribution >= 4 is 24.5 Å². The van der Waals surface area contributed by atoms with E-state index in [-0.39, 0.29) is 12.1 Å². The molecule has 0 unspecified atom stereocenters. The van der Waals surface area contributed by atoms with Crippen LogP contribution in [0.25, 0.3) is 0 Å². The predicted molar refractivity (Wildman–Crippen MR) is 119 cm³/mol. The molecule has 1 atom stereocenters. The maximum Gasteiger partial charge on any atom is 0.311 e. The first kappa shape index (κ1) is 22.6. The third kappa shape index (κ3) is 7.73. The minimum Gasteiger partial charge on any atom is -0.465 e. The van der Waals surface area contributed by atoms with E-state index in [1.54, 1.807) is 0 Å². The Morgan fingerprint density at radius 3 is 1.96 bits per heavy atom. The number of unbranched alkanes of at least 4 members (excludes halogenated alkanes) is 1. The number of rotatable bonds is 10. The summed E-state index contributed by atoms with van der Waals surface area (Å²) < 4.78 is 5.28. The SMILES string of the molecule is CC(C)(C)C(=O)OCCCC[C@H](O)CCP(c1ccccc1)c1ccccc1. The van der Waals surface area contributed by atoms with Crippen molar-refractivity contribution in [2.75, 3.05) is 12.8 Å². The Morgan fingerprint density at radius 1 is 0.929 bits per heavy atom. The number of benzene rings is 2. The van der Waals surface area contributed by atoms with Gasteiger partial charge in [0.1, 0.15) is 0 Å². The molecule has 2 rings (SSSR count). The topological polar surface area (TPSA) is 46.5 Å². The molecule has 2 aromatic carbocycles. The third-order valence-corrected chi connectivity index (χ3v) is 7.15. The van der Waals surface area contributed by atoms with Crippen molar-refractivity contribution in [3.05, 3.63) is 60.7 Å². The highest BCUT2D eigenvalue weighted by molar-refractivity contribution is 7.73. The van der Waals surface area contributed by atoms with Crippen molar-refractivity contribution in [1.29, 1.82) is 0 Å². The second kappa shape index (κ2) is 11.3. The standard InChI is InChI=1S/C24H33O3P/c1-24(2,3)23(26)27-18-11-10-12-20(25)17-19-28(21-13-6-4-7-14-21)22-15-8-5-9-16-22/h4-9,13-16,20,25H,10-12,17-19H2,1-3H3/t20-/m0/s1. The molecule has 4 heteroatoms. The van der Waals surface area contributed by atoms with Gasteiger partial charge in [-0.05, 0) is 71.1 Å². The quantitative estimate of drug-likeness (QED) is 0.359.